The molecule has 0 radical (unpaired) electrons. The van der Waals surface area contributed by atoms with E-state index in [0.717, 1.165) is 65.0 Å². The van der Waals surface area contributed by atoms with Crippen molar-refractivity contribution in [2.45, 2.75) is 58.2 Å². The van der Waals surface area contributed by atoms with E-state index in [9.17, 15) is 9.59 Å². The van der Waals surface area contributed by atoms with Crippen molar-refractivity contribution >= 4 is 30.1 Å². The highest BCUT2D eigenvalue weighted by atomic mass is 16.5. The summed E-state index contributed by atoms with van der Waals surface area (Å²) in [7, 11) is 0. The number of amides is 1. The second kappa shape index (κ2) is 12.2. The zero-order valence-electron chi connectivity index (χ0n) is 21.4. The lowest BCUT2D eigenvalue weighted by Crippen LogP contribution is -2.56. The molecule has 0 aromatic carbocycles. The lowest BCUT2D eigenvalue weighted by Gasteiger charge is -2.37. The van der Waals surface area contributed by atoms with Gasteiger partial charge in [0.15, 0.2) is 17.4 Å². The SMILES string of the molecule is C=N/C=C1/OC(C(C)=O)C(=O)N(C2CCCC2)C1=NCNc1ccc(CN2CCN(CC)CC2)cn1. The average molecular weight is 496 g/mol. The summed E-state index contributed by atoms with van der Waals surface area (Å²) in [5.41, 5.74) is 1.17. The van der Waals surface area contributed by atoms with Gasteiger partial charge in [-0.1, -0.05) is 25.8 Å². The summed E-state index contributed by atoms with van der Waals surface area (Å²) < 4.78 is 5.71. The summed E-state index contributed by atoms with van der Waals surface area (Å²) in [4.78, 5) is 44.8. The van der Waals surface area contributed by atoms with Gasteiger partial charge in [0.25, 0.3) is 5.91 Å². The van der Waals surface area contributed by atoms with E-state index < -0.39 is 6.10 Å². The molecule has 2 saturated heterocycles. The van der Waals surface area contributed by atoms with Crippen molar-refractivity contribution in [3.05, 3.63) is 35.9 Å². The van der Waals surface area contributed by atoms with Crippen molar-refractivity contribution in [2.24, 2.45) is 9.98 Å². The molecule has 3 aliphatic rings. The van der Waals surface area contributed by atoms with Crippen LogP contribution < -0.4 is 5.32 Å². The van der Waals surface area contributed by atoms with E-state index in [2.05, 4.69) is 49.8 Å². The fraction of sp³-hybridized carbons (Fsp3) is 0.577. The molecule has 1 atom stereocenters. The number of piperazine rings is 1. The number of ketones is 1. The molecule has 4 rings (SSSR count). The minimum absolute atomic E-state index is 0.00758. The number of nitrogens with zero attached hydrogens (tertiary/aromatic N) is 6. The summed E-state index contributed by atoms with van der Waals surface area (Å²) in [5.74, 6) is 0.656. The Morgan fingerprint density at radius 1 is 1.22 bits per heavy atom. The van der Waals surface area contributed by atoms with Gasteiger partial charge < -0.3 is 15.0 Å². The van der Waals surface area contributed by atoms with Gasteiger partial charge in [-0.15, -0.1) is 0 Å². The largest absolute Gasteiger partial charge is 0.467 e. The molecule has 1 aromatic rings. The fourth-order valence-electron chi connectivity index (χ4n) is 5.02. The summed E-state index contributed by atoms with van der Waals surface area (Å²) in [5, 5.41) is 3.21. The Morgan fingerprint density at radius 3 is 2.56 bits per heavy atom. The molecular weight excluding hydrogens is 458 g/mol. The normalized spacial score (nSPS) is 24.3. The number of rotatable bonds is 9. The van der Waals surface area contributed by atoms with Crippen LogP contribution in [0.1, 0.15) is 45.1 Å². The smallest absolute Gasteiger partial charge is 0.277 e. The van der Waals surface area contributed by atoms with Crippen LogP contribution in [0.25, 0.3) is 0 Å². The van der Waals surface area contributed by atoms with E-state index in [0.29, 0.717) is 11.7 Å². The Kier molecular flexibility index (Phi) is 8.82. The predicted molar refractivity (Wildman–Crippen MR) is 140 cm³/mol. The molecule has 1 aromatic heterocycles. The predicted octanol–water partition coefficient (Wildman–Crippen LogP) is 2.29. The number of anilines is 1. The Balaban J connectivity index is 1.42. The van der Waals surface area contributed by atoms with Crippen LogP contribution in [0.2, 0.25) is 0 Å². The zero-order valence-corrected chi connectivity index (χ0v) is 21.4. The number of morpholine rings is 1. The van der Waals surface area contributed by atoms with Crippen molar-refractivity contribution in [2.75, 3.05) is 44.7 Å². The molecule has 10 heteroatoms. The van der Waals surface area contributed by atoms with Crippen molar-refractivity contribution in [1.29, 1.82) is 0 Å². The first-order valence-electron chi connectivity index (χ1n) is 12.8. The molecule has 1 unspecified atom stereocenters. The number of nitrogens with one attached hydrogen (secondary N) is 1. The molecule has 2 aliphatic heterocycles. The van der Waals surface area contributed by atoms with Crippen LogP contribution in [-0.4, -0.2) is 95.5 Å². The van der Waals surface area contributed by atoms with Gasteiger partial charge in [0.05, 0.1) is 6.20 Å². The Hall–Kier alpha value is -3.11. The van der Waals surface area contributed by atoms with Crippen LogP contribution in [0.4, 0.5) is 5.82 Å². The van der Waals surface area contributed by atoms with Gasteiger partial charge in [-0.2, -0.15) is 0 Å². The molecule has 36 heavy (non-hydrogen) atoms. The van der Waals surface area contributed by atoms with E-state index in [1.165, 1.54) is 18.7 Å². The van der Waals surface area contributed by atoms with Gasteiger partial charge in [0.2, 0.25) is 6.10 Å². The lowest BCUT2D eigenvalue weighted by atomic mass is 10.1. The van der Waals surface area contributed by atoms with Gasteiger partial charge in [-0.05, 0) is 44.7 Å². The third-order valence-corrected chi connectivity index (χ3v) is 7.05. The van der Waals surface area contributed by atoms with Crippen molar-refractivity contribution in [3.63, 3.8) is 0 Å². The van der Waals surface area contributed by atoms with E-state index in [1.54, 1.807) is 4.90 Å². The second-order valence-electron chi connectivity index (χ2n) is 9.51. The van der Waals surface area contributed by atoms with Crippen LogP contribution in [0.3, 0.4) is 0 Å². The first-order chi connectivity index (χ1) is 17.5. The summed E-state index contributed by atoms with van der Waals surface area (Å²) in [6.45, 7) is 13.6. The monoisotopic (exact) mass is 495 g/mol. The van der Waals surface area contributed by atoms with Crippen molar-refractivity contribution < 1.29 is 14.3 Å². The molecule has 0 bridgehead atoms. The van der Waals surface area contributed by atoms with Crippen molar-refractivity contribution in [1.82, 2.24) is 19.7 Å². The average Bonchev–Trinajstić information content (AvgIpc) is 3.41. The maximum absolute atomic E-state index is 13.2. The zero-order chi connectivity index (χ0) is 25.5. The maximum Gasteiger partial charge on any atom is 0.277 e. The Bertz CT molecular complexity index is 993. The first-order valence-corrected chi connectivity index (χ1v) is 12.8. The number of Topliss-reactive ketones (excluding diaryl/α,β-unsaturated/α-hetero) is 1. The number of aliphatic imine (C=N–C) groups is 2. The van der Waals surface area contributed by atoms with Crippen LogP contribution in [0.15, 0.2) is 40.3 Å². The quantitative estimate of drug-likeness (QED) is 0.414. The van der Waals surface area contributed by atoms with E-state index >= 15 is 0 Å². The van der Waals surface area contributed by atoms with Gasteiger partial charge >= 0.3 is 0 Å². The third-order valence-electron chi connectivity index (χ3n) is 7.05. The molecule has 3 heterocycles. The summed E-state index contributed by atoms with van der Waals surface area (Å²) in [6, 6.07) is 4.02. The van der Waals surface area contributed by atoms with Crippen LogP contribution in [0, 0.1) is 0 Å². The highest BCUT2D eigenvalue weighted by molar-refractivity contribution is 6.16. The molecule has 194 valence electrons. The molecule has 10 nitrogen and oxygen atoms in total. The molecule has 3 fully saturated rings. The number of likely N-dealkylation sites (N-methyl/N-ethyl adjacent to an activating group) is 1. The minimum Gasteiger partial charge on any atom is -0.467 e. The number of ether oxygens (including phenoxy) is 1. The van der Waals surface area contributed by atoms with Crippen molar-refractivity contribution in [3.8, 4) is 0 Å². The molecule has 1 aliphatic carbocycles. The lowest BCUT2D eigenvalue weighted by molar-refractivity contribution is -0.148. The molecular formula is C26H37N7O3. The van der Waals surface area contributed by atoms with Crippen LogP contribution >= 0.6 is 0 Å². The Morgan fingerprint density at radius 2 is 1.94 bits per heavy atom. The number of aromatic nitrogens is 1. The van der Waals surface area contributed by atoms with E-state index in [-0.39, 0.29) is 30.2 Å². The summed E-state index contributed by atoms with van der Waals surface area (Å²) >= 11 is 0. The summed E-state index contributed by atoms with van der Waals surface area (Å²) in [6.07, 6.45) is 5.94. The highest BCUT2D eigenvalue weighted by Crippen LogP contribution is 2.30. The first kappa shape index (κ1) is 26.0. The number of pyridine rings is 1. The number of amidine groups is 1. The number of carbonyl (C=O) groups is 2. The highest BCUT2D eigenvalue weighted by Gasteiger charge is 2.44. The van der Waals surface area contributed by atoms with Crippen LogP contribution in [0.5, 0.6) is 0 Å². The van der Waals surface area contributed by atoms with E-state index in [4.69, 9.17) is 4.74 Å². The standard InChI is InChI=1S/C26H37N7O3/c1-4-31-11-13-32(14-12-31)17-20-9-10-23(28-15-20)29-18-30-25-22(16-27-3)36-24(19(2)34)26(35)33(25)21-7-5-6-8-21/h9-10,15-16,21,24H,3-8,11-14,17-18H2,1-2H3,(H,28,29)/b22-16+,30-25?. The van der Waals surface area contributed by atoms with Crippen LogP contribution in [-0.2, 0) is 20.9 Å². The fourth-order valence-corrected chi connectivity index (χ4v) is 5.02. The maximum atomic E-state index is 13.2. The third kappa shape index (κ3) is 6.17. The van der Waals surface area contributed by atoms with Gasteiger partial charge in [-0.25, -0.2) is 9.98 Å². The molecule has 0 spiro atoms. The minimum atomic E-state index is -1.18. The topological polar surface area (TPSA) is 103 Å². The van der Waals surface area contributed by atoms with Gasteiger partial charge in [0, 0.05) is 45.0 Å². The number of hydrogen-bond donors (Lipinski definition) is 1. The Labute approximate surface area is 213 Å². The van der Waals surface area contributed by atoms with Gasteiger partial charge in [0.1, 0.15) is 12.5 Å². The number of hydrogen-bond acceptors (Lipinski definition) is 9. The van der Waals surface area contributed by atoms with E-state index in [1.807, 2.05) is 12.3 Å². The molecule has 1 N–H and O–H groups in total. The molecule has 1 amide bonds. The second-order valence-corrected chi connectivity index (χ2v) is 9.51. The molecule has 1 saturated carbocycles. The van der Waals surface area contributed by atoms with Gasteiger partial charge in [-0.3, -0.25) is 24.4 Å². The number of carbonyl (C=O) groups excluding carboxylic acids is 2.